The third kappa shape index (κ3) is 4.72. The van der Waals surface area contributed by atoms with E-state index in [0.717, 1.165) is 5.69 Å². The zero-order valence-electron chi connectivity index (χ0n) is 19.6. The molecular formula is C26H26FN3O5. The van der Waals surface area contributed by atoms with Gasteiger partial charge < -0.3 is 28.8 Å². The summed E-state index contributed by atoms with van der Waals surface area (Å²) in [6.07, 6.45) is 1.84. The van der Waals surface area contributed by atoms with Crippen molar-refractivity contribution in [3.63, 3.8) is 0 Å². The van der Waals surface area contributed by atoms with Crippen molar-refractivity contribution in [1.29, 1.82) is 0 Å². The molecule has 2 aromatic carbocycles. The number of benzene rings is 2. The van der Waals surface area contributed by atoms with Crippen LogP contribution in [0.25, 0.3) is 21.8 Å². The average Bonchev–Trinajstić information content (AvgIpc) is 3.27. The Labute approximate surface area is 201 Å². The second-order valence-electron chi connectivity index (χ2n) is 8.31. The Bertz CT molecular complexity index is 1380. The number of hydrogen-bond donors (Lipinski definition) is 1. The minimum absolute atomic E-state index is 0.0264. The summed E-state index contributed by atoms with van der Waals surface area (Å²) in [7, 11) is 1.53. The number of amides is 1. The Morgan fingerprint density at radius 3 is 2.71 bits per heavy atom. The van der Waals surface area contributed by atoms with E-state index in [4.69, 9.17) is 18.9 Å². The molecule has 9 heteroatoms. The molecule has 0 radical (unpaired) electrons. The number of H-pyrrole nitrogens is 1. The number of aromatic nitrogens is 2. The standard InChI is InChI=1S/C26H26FN3O5/c1-16-13-18-19(29-16)3-4-22(26(18)27)35-21-5-7-28-20-15-24(23(32-2)14-17(20)21)34-10-6-25(31)30-8-11-33-12-9-30/h3-5,7,13-15,29H,6,8-12H2,1-2H3. The molecule has 35 heavy (non-hydrogen) atoms. The topological polar surface area (TPSA) is 85.9 Å². The molecule has 0 unspecified atom stereocenters. The number of nitrogens with one attached hydrogen (secondary N) is 1. The highest BCUT2D eigenvalue weighted by atomic mass is 19.1. The predicted octanol–water partition coefficient (Wildman–Crippen LogP) is 4.59. The number of halogens is 1. The van der Waals surface area contributed by atoms with Gasteiger partial charge in [0.1, 0.15) is 5.75 Å². The smallest absolute Gasteiger partial charge is 0.226 e. The number of carbonyl (C=O) groups is 1. The van der Waals surface area contributed by atoms with Crippen LogP contribution < -0.4 is 14.2 Å². The number of fused-ring (bicyclic) bond motifs is 2. The minimum Gasteiger partial charge on any atom is -0.493 e. The third-order valence-corrected chi connectivity index (χ3v) is 5.98. The zero-order valence-corrected chi connectivity index (χ0v) is 19.6. The lowest BCUT2D eigenvalue weighted by atomic mass is 10.1. The van der Waals surface area contributed by atoms with Gasteiger partial charge in [-0.15, -0.1) is 0 Å². The first-order valence-electron chi connectivity index (χ1n) is 11.4. The van der Waals surface area contributed by atoms with Crippen molar-refractivity contribution in [2.45, 2.75) is 13.3 Å². The lowest BCUT2D eigenvalue weighted by Crippen LogP contribution is -2.41. The molecule has 1 N–H and O–H groups in total. The van der Waals surface area contributed by atoms with Crippen LogP contribution in [0, 0.1) is 12.7 Å². The Hall–Kier alpha value is -3.85. The molecule has 0 atom stereocenters. The minimum atomic E-state index is -0.436. The van der Waals surface area contributed by atoms with Crippen molar-refractivity contribution in [3.8, 4) is 23.0 Å². The fraction of sp³-hybridized carbons (Fsp3) is 0.308. The number of rotatable bonds is 7. The van der Waals surface area contributed by atoms with Gasteiger partial charge in [-0.3, -0.25) is 9.78 Å². The van der Waals surface area contributed by atoms with Crippen LogP contribution in [0.2, 0.25) is 0 Å². The van der Waals surface area contributed by atoms with E-state index in [9.17, 15) is 4.79 Å². The van der Waals surface area contributed by atoms with Gasteiger partial charge in [0.05, 0.1) is 38.9 Å². The van der Waals surface area contributed by atoms with Crippen molar-refractivity contribution < 1.29 is 28.1 Å². The summed E-state index contributed by atoms with van der Waals surface area (Å²) in [5, 5.41) is 1.11. The van der Waals surface area contributed by atoms with E-state index in [1.165, 1.54) is 7.11 Å². The van der Waals surface area contributed by atoms with E-state index in [0.29, 0.717) is 65.4 Å². The zero-order chi connectivity index (χ0) is 24.4. The van der Waals surface area contributed by atoms with Crippen LogP contribution in [0.1, 0.15) is 12.1 Å². The largest absolute Gasteiger partial charge is 0.493 e. The fourth-order valence-electron chi connectivity index (χ4n) is 4.19. The van der Waals surface area contributed by atoms with Gasteiger partial charge in [-0.1, -0.05) is 0 Å². The molecule has 8 nitrogen and oxygen atoms in total. The molecule has 5 rings (SSSR count). The van der Waals surface area contributed by atoms with E-state index in [1.807, 2.05) is 6.92 Å². The molecule has 1 amide bonds. The number of hydrogen-bond acceptors (Lipinski definition) is 6. The number of nitrogens with zero attached hydrogens (tertiary/aromatic N) is 2. The van der Waals surface area contributed by atoms with Crippen LogP contribution >= 0.6 is 0 Å². The lowest BCUT2D eigenvalue weighted by molar-refractivity contribution is -0.135. The maximum absolute atomic E-state index is 15.1. The van der Waals surface area contributed by atoms with Gasteiger partial charge in [-0.05, 0) is 37.3 Å². The number of ether oxygens (including phenoxy) is 4. The first-order chi connectivity index (χ1) is 17.0. The summed E-state index contributed by atoms with van der Waals surface area (Å²) in [5.74, 6) is 1.08. The maximum Gasteiger partial charge on any atom is 0.226 e. The molecule has 1 aliphatic rings. The molecule has 0 bridgehead atoms. The van der Waals surface area contributed by atoms with Gasteiger partial charge in [-0.2, -0.15) is 0 Å². The Morgan fingerprint density at radius 2 is 1.91 bits per heavy atom. The first-order valence-corrected chi connectivity index (χ1v) is 11.4. The van der Waals surface area contributed by atoms with Crippen molar-refractivity contribution in [3.05, 3.63) is 54.1 Å². The van der Waals surface area contributed by atoms with E-state index in [-0.39, 0.29) is 24.7 Å². The third-order valence-electron chi connectivity index (χ3n) is 5.98. The van der Waals surface area contributed by atoms with E-state index >= 15 is 4.39 Å². The van der Waals surface area contributed by atoms with Gasteiger partial charge in [0.25, 0.3) is 0 Å². The molecule has 182 valence electrons. The highest BCUT2D eigenvalue weighted by Crippen LogP contribution is 2.38. The van der Waals surface area contributed by atoms with Crippen molar-refractivity contribution in [2.24, 2.45) is 0 Å². The molecule has 0 spiro atoms. The molecule has 0 saturated carbocycles. The highest BCUT2D eigenvalue weighted by Gasteiger charge is 2.18. The van der Waals surface area contributed by atoms with Gasteiger partial charge in [0, 0.05) is 47.3 Å². The molecule has 1 aliphatic heterocycles. The quantitative estimate of drug-likeness (QED) is 0.417. The number of methoxy groups -OCH3 is 1. The number of morpholine rings is 1. The second kappa shape index (κ2) is 9.79. The van der Waals surface area contributed by atoms with Crippen LogP contribution in [0.5, 0.6) is 23.0 Å². The van der Waals surface area contributed by atoms with E-state index < -0.39 is 5.82 Å². The van der Waals surface area contributed by atoms with Gasteiger partial charge in [-0.25, -0.2) is 4.39 Å². The van der Waals surface area contributed by atoms with Crippen molar-refractivity contribution >= 4 is 27.7 Å². The van der Waals surface area contributed by atoms with Gasteiger partial charge in [0.2, 0.25) is 5.91 Å². The van der Waals surface area contributed by atoms with Crippen molar-refractivity contribution in [1.82, 2.24) is 14.9 Å². The highest BCUT2D eigenvalue weighted by molar-refractivity contribution is 5.89. The number of pyridine rings is 1. The van der Waals surface area contributed by atoms with Crippen LogP contribution in [0.15, 0.2) is 42.6 Å². The van der Waals surface area contributed by atoms with E-state index in [2.05, 4.69) is 9.97 Å². The fourth-order valence-corrected chi connectivity index (χ4v) is 4.19. The van der Waals surface area contributed by atoms with Crippen molar-refractivity contribution in [2.75, 3.05) is 40.0 Å². The van der Waals surface area contributed by atoms with Crippen LogP contribution in [-0.2, 0) is 9.53 Å². The molecule has 1 fully saturated rings. The first kappa shape index (κ1) is 22.9. The Kier molecular flexibility index (Phi) is 6.41. The SMILES string of the molecule is COc1cc2c(Oc3ccc4[nH]c(C)cc4c3F)ccnc2cc1OCCC(=O)N1CCOCC1. The Balaban J connectivity index is 1.36. The molecule has 2 aromatic heterocycles. The average molecular weight is 480 g/mol. The lowest BCUT2D eigenvalue weighted by Gasteiger charge is -2.26. The number of aryl methyl sites for hydroxylation is 1. The maximum atomic E-state index is 15.1. The molecule has 4 aromatic rings. The summed E-state index contributed by atoms with van der Waals surface area (Å²) >= 11 is 0. The summed E-state index contributed by atoms with van der Waals surface area (Å²) in [6, 6.07) is 10.3. The second-order valence-corrected chi connectivity index (χ2v) is 8.31. The molecule has 3 heterocycles. The number of carbonyl (C=O) groups excluding carboxylic acids is 1. The monoisotopic (exact) mass is 479 g/mol. The van der Waals surface area contributed by atoms with Gasteiger partial charge in [0.15, 0.2) is 23.1 Å². The summed E-state index contributed by atoms with van der Waals surface area (Å²) in [6.45, 7) is 4.40. The Morgan fingerprint density at radius 1 is 1.09 bits per heavy atom. The van der Waals surface area contributed by atoms with Crippen LogP contribution in [0.4, 0.5) is 4.39 Å². The predicted molar refractivity (Wildman–Crippen MR) is 129 cm³/mol. The van der Waals surface area contributed by atoms with Crippen LogP contribution in [0.3, 0.4) is 0 Å². The molecule has 0 aliphatic carbocycles. The molecular weight excluding hydrogens is 453 g/mol. The summed E-state index contributed by atoms with van der Waals surface area (Å²) in [5.41, 5.74) is 2.17. The normalized spacial score (nSPS) is 13.9. The van der Waals surface area contributed by atoms with Gasteiger partial charge >= 0.3 is 0 Å². The van der Waals surface area contributed by atoms with Crippen LogP contribution in [-0.4, -0.2) is 60.8 Å². The number of aromatic amines is 1. The summed E-state index contributed by atoms with van der Waals surface area (Å²) < 4.78 is 37.7. The molecule has 1 saturated heterocycles. The summed E-state index contributed by atoms with van der Waals surface area (Å²) in [4.78, 5) is 21.7. The van der Waals surface area contributed by atoms with E-state index in [1.54, 1.807) is 47.5 Å².